The van der Waals surface area contributed by atoms with Crippen molar-refractivity contribution >= 4 is 27.6 Å². The van der Waals surface area contributed by atoms with Crippen molar-refractivity contribution in [3.63, 3.8) is 0 Å². The molecule has 0 unspecified atom stereocenters. The van der Waals surface area contributed by atoms with Gasteiger partial charge in [0.25, 0.3) is 0 Å². The molecule has 1 aromatic heterocycles. The molecule has 0 aliphatic heterocycles. The number of hydrogen-bond acceptors (Lipinski definition) is 4. The van der Waals surface area contributed by atoms with Crippen molar-refractivity contribution < 1.29 is 9.13 Å². The highest BCUT2D eigenvalue weighted by molar-refractivity contribution is 9.10. The molecule has 0 aliphatic rings. The van der Waals surface area contributed by atoms with Gasteiger partial charge in [-0.3, -0.25) is 0 Å². The van der Waals surface area contributed by atoms with Crippen molar-refractivity contribution in [2.75, 3.05) is 12.4 Å². The van der Waals surface area contributed by atoms with Gasteiger partial charge >= 0.3 is 0 Å². The van der Waals surface area contributed by atoms with E-state index in [1.165, 1.54) is 19.2 Å². The zero-order chi connectivity index (χ0) is 12.3. The van der Waals surface area contributed by atoms with Gasteiger partial charge in [0.1, 0.15) is 11.6 Å². The molecule has 0 bridgehead atoms. The van der Waals surface area contributed by atoms with E-state index in [1.54, 1.807) is 18.5 Å². The van der Waals surface area contributed by atoms with Crippen LogP contribution in [0.4, 0.5) is 16.0 Å². The summed E-state index contributed by atoms with van der Waals surface area (Å²) in [6.07, 6.45) is 3.21. The maximum Gasteiger partial charge on any atom is 0.227 e. The first kappa shape index (κ1) is 11.8. The largest absolute Gasteiger partial charge is 0.497 e. The summed E-state index contributed by atoms with van der Waals surface area (Å²) in [7, 11) is 1.48. The van der Waals surface area contributed by atoms with Crippen molar-refractivity contribution in [3.05, 3.63) is 40.9 Å². The number of anilines is 2. The highest BCUT2D eigenvalue weighted by Crippen LogP contribution is 2.22. The highest BCUT2D eigenvalue weighted by atomic mass is 79.9. The Labute approximate surface area is 106 Å². The van der Waals surface area contributed by atoms with E-state index < -0.39 is 0 Å². The van der Waals surface area contributed by atoms with Gasteiger partial charge in [-0.05, 0) is 22.0 Å². The predicted octanol–water partition coefficient (Wildman–Crippen LogP) is 3.13. The summed E-state index contributed by atoms with van der Waals surface area (Å²) in [6.45, 7) is 0. The minimum absolute atomic E-state index is 0.385. The Morgan fingerprint density at radius 1 is 1.24 bits per heavy atom. The van der Waals surface area contributed by atoms with Crippen LogP contribution in [0, 0.1) is 5.82 Å². The number of aromatic nitrogens is 2. The van der Waals surface area contributed by atoms with E-state index in [-0.39, 0.29) is 5.82 Å². The fourth-order valence-corrected chi connectivity index (χ4v) is 1.46. The molecule has 0 saturated carbocycles. The van der Waals surface area contributed by atoms with Gasteiger partial charge in [-0.25, -0.2) is 14.4 Å². The molecule has 1 heterocycles. The molecule has 0 radical (unpaired) electrons. The molecule has 0 saturated heterocycles. The third-order valence-electron chi connectivity index (χ3n) is 1.98. The van der Waals surface area contributed by atoms with Crippen LogP contribution in [0.1, 0.15) is 0 Å². The van der Waals surface area contributed by atoms with E-state index in [9.17, 15) is 4.39 Å². The first-order valence-electron chi connectivity index (χ1n) is 4.76. The van der Waals surface area contributed by atoms with Crippen LogP contribution in [-0.4, -0.2) is 17.1 Å². The van der Waals surface area contributed by atoms with Crippen LogP contribution in [0.15, 0.2) is 35.1 Å². The minimum atomic E-state index is -0.385. The average molecular weight is 298 g/mol. The van der Waals surface area contributed by atoms with E-state index in [0.717, 1.165) is 4.47 Å². The van der Waals surface area contributed by atoms with Crippen LogP contribution in [0.2, 0.25) is 0 Å². The normalized spacial score (nSPS) is 10.1. The lowest BCUT2D eigenvalue weighted by molar-refractivity contribution is 0.411. The van der Waals surface area contributed by atoms with E-state index >= 15 is 0 Å². The lowest BCUT2D eigenvalue weighted by Gasteiger charge is -2.07. The summed E-state index contributed by atoms with van der Waals surface area (Å²) in [6, 6.07) is 4.30. The van der Waals surface area contributed by atoms with Crippen LogP contribution in [-0.2, 0) is 0 Å². The molecule has 0 atom stereocenters. The van der Waals surface area contributed by atoms with E-state index in [1.807, 2.05) is 0 Å². The van der Waals surface area contributed by atoms with Crippen LogP contribution < -0.4 is 10.1 Å². The molecule has 0 spiro atoms. The summed E-state index contributed by atoms with van der Waals surface area (Å²) in [5, 5.41) is 2.88. The topological polar surface area (TPSA) is 47.0 Å². The second kappa shape index (κ2) is 5.09. The SMILES string of the molecule is COc1cc(F)cc(Nc2ncc(Br)cn2)c1. The van der Waals surface area contributed by atoms with E-state index in [4.69, 9.17) is 4.74 Å². The van der Waals surface area contributed by atoms with Crippen molar-refractivity contribution in [2.45, 2.75) is 0 Å². The summed E-state index contributed by atoms with van der Waals surface area (Å²) in [5.41, 5.74) is 0.532. The molecular formula is C11H9BrFN3O. The molecular weight excluding hydrogens is 289 g/mol. The predicted molar refractivity (Wildman–Crippen MR) is 66.0 cm³/mol. The highest BCUT2D eigenvalue weighted by Gasteiger charge is 2.02. The van der Waals surface area contributed by atoms with Crippen molar-refractivity contribution in [3.8, 4) is 5.75 Å². The fraction of sp³-hybridized carbons (Fsp3) is 0.0909. The molecule has 0 amide bonds. The fourth-order valence-electron chi connectivity index (χ4n) is 1.26. The maximum atomic E-state index is 13.2. The van der Waals surface area contributed by atoms with Gasteiger partial charge in [-0.15, -0.1) is 0 Å². The van der Waals surface area contributed by atoms with Crippen molar-refractivity contribution in [2.24, 2.45) is 0 Å². The molecule has 88 valence electrons. The second-order valence-corrected chi connectivity index (χ2v) is 4.15. The van der Waals surface area contributed by atoms with Gasteiger partial charge < -0.3 is 10.1 Å². The number of halogens is 2. The third kappa shape index (κ3) is 3.13. The molecule has 2 aromatic rings. The summed E-state index contributed by atoms with van der Waals surface area (Å²) in [4.78, 5) is 8.05. The van der Waals surface area contributed by atoms with Crippen LogP contribution in [0.5, 0.6) is 5.75 Å². The zero-order valence-corrected chi connectivity index (χ0v) is 10.5. The molecule has 4 nitrogen and oxygen atoms in total. The standard InChI is InChI=1S/C11H9BrFN3O/c1-17-10-3-8(13)2-9(4-10)16-11-14-5-7(12)6-15-11/h2-6H,1H3,(H,14,15,16). The monoisotopic (exact) mass is 297 g/mol. The number of hydrogen-bond donors (Lipinski definition) is 1. The van der Waals surface area contributed by atoms with Crippen LogP contribution in [0.3, 0.4) is 0 Å². The lowest BCUT2D eigenvalue weighted by atomic mass is 10.3. The quantitative estimate of drug-likeness (QED) is 0.945. The number of nitrogens with one attached hydrogen (secondary N) is 1. The van der Waals surface area contributed by atoms with Crippen LogP contribution >= 0.6 is 15.9 Å². The molecule has 2 rings (SSSR count). The first-order valence-corrected chi connectivity index (χ1v) is 5.56. The van der Waals surface area contributed by atoms with Gasteiger partial charge in [0.05, 0.1) is 11.6 Å². The van der Waals surface area contributed by atoms with E-state index in [2.05, 4.69) is 31.2 Å². The summed E-state index contributed by atoms with van der Waals surface area (Å²) < 4.78 is 19.0. The molecule has 17 heavy (non-hydrogen) atoms. The summed E-state index contributed by atoms with van der Waals surface area (Å²) in [5.74, 6) is 0.439. The molecule has 0 fully saturated rings. The molecule has 0 aliphatic carbocycles. The summed E-state index contributed by atoms with van der Waals surface area (Å²) >= 11 is 3.23. The van der Waals surface area contributed by atoms with Gasteiger partial charge in [-0.2, -0.15) is 0 Å². The van der Waals surface area contributed by atoms with Gasteiger partial charge in [-0.1, -0.05) is 0 Å². The lowest BCUT2D eigenvalue weighted by Crippen LogP contribution is -1.97. The van der Waals surface area contributed by atoms with Gasteiger partial charge in [0.2, 0.25) is 5.95 Å². The number of rotatable bonds is 3. The smallest absolute Gasteiger partial charge is 0.227 e. The minimum Gasteiger partial charge on any atom is -0.497 e. The zero-order valence-electron chi connectivity index (χ0n) is 8.95. The molecule has 1 aromatic carbocycles. The first-order chi connectivity index (χ1) is 8.17. The molecule has 6 heteroatoms. The Hall–Kier alpha value is -1.69. The number of benzene rings is 1. The second-order valence-electron chi connectivity index (χ2n) is 3.23. The van der Waals surface area contributed by atoms with Crippen molar-refractivity contribution in [1.82, 2.24) is 9.97 Å². The molecule has 1 N–H and O–H groups in total. The van der Waals surface area contributed by atoms with E-state index in [0.29, 0.717) is 17.4 Å². The number of ether oxygens (including phenoxy) is 1. The Morgan fingerprint density at radius 2 is 1.94 bits per heavy atom. The Morgan fingerprint density at radius 3 is 2.59 bits per heavy atom. The Balaban J connectivity index is 2.23. The van der Waals surface area contributed by atoms with Crippen molar-refractivity contribution in [1.29, 1.82) is 0 Å². The average Bonchev–Trinajstić information content (AvgIpc) is 2.31. The van der Waals surface area contributed by atoms with Gasteiger partial charge in [0, 0.05) is 30.2 Å². The number of methoxy groups -OCH3 is 1. The Kier molecular flexibility index (Phi) is 3.53. The van der Waals surface area contributed by atoms with Crippen LogP contribution in [0.25, 0.3) is 0 Å². The number of nitrogens with zero attached hydrogens (tertiary/aromatic N) is 2. The maximum absolute atomic E-state index is 13.2. The van der Waals surface area contributed by atoms with Gasteiger partial charge in [0.15, 0.2) is 0 Å². The Bertz CT molecular complexity index is 519. The third-order valence-corrected chi connectivity index (χ3v) is 2.39.